The highest BCUT2D eigenvalue weighted by atomic mass is 19.1. The summed E-state index contributed by atoms with van der Waals surface area (Å²) in [5.41, 5.74) is 2.30. The van der Waals surface area contributed by atoms with Crippen LogP contribution in [0.4, 0.5) is 10.1 Å². The van der Waals surface area contributed by atoms with Crippen LogP contribution in [0.5, 0.6) is 0 Å². The monoisotopic (exact) mass is 292 g/mol. The Hall–Kier alpha value is -1.09. The molecule has 2 nitrogen and oxygen atoms in total. The highest BCUT2D eigenvalue weighted by Crippen LogP contribution is 2.29. The Morgan fingerprint density at radius 3 is 2.90 bits per heavy atom. The van der Waals surface area contributed by atoms with Crippen molar-refractivity contribution in [2.24, 2.45) is 11.8 Å². The molecule has 0 amide bonds. The molecule has 1 N–H and O–H groups in total. The molecule has 21 heavy (non-hydrogen) atoms. The first-order valence-corrected chi connectivity index (χ1v) is 8.34. The smallest absolute Gasteiger partial charge is 0.123 e. The normalized spacial score (nSPS) is 18.7. The number of nitrogens with zero attached hydrogens (tertiary/aromatic N) is 1. The van der Waals surface area contributed by atoms with Crippen molar-refractivity contribution in [1.29, 1.82) is 0 Å². The molecule has 0 bridgehead atoms. The van der Waals surface area contributed by atoms with E-state index in [1.807, 2.05) is 6.07 Å². The van der Waals surface area contributed by atoms with Gasteiger partial charge in [-0.25, -0.2) is 4.39 Å². The lowest BCUT2D eigenvalue weighted by Gasteiger charge is -2.23. The summed E-state index contributed by atoms with van der Waals surface area (Å²) >= 11 is 0. The molecule has 1 aliphatic rings. The maximum atomic E-state index is 13.6. The fourth-order valence-corrected chi connectivity index (χ4v) is 3.20. The van der Waals surface area contributed by atoms with Crippen LogP contribution in [0.3, 0.4) is 0 Å². The first kappa shape index (κ1) is 16.3. The van der Waals surface area contributed by atoms with E-state index < -0.39 is 0 Å². The predicted octanol–water partition coefficient (Wildman–Crippen LogP) is 4.20. The summed E-state index contributed by atoms with van der Waals surface area (Å²) < 4.78 is 13.6. The second kappa shape index (κ2) is 7.79. The van der Waals surface area contributed by atoms with Gasteiger partial charge in [0.05, 0.1) is 0 Å². The van der Waals surface area contributed by atoms with Crippen molar-refractivity contribution in [2.45, 2.75) is 46.6 Å². The summed E-state index contributed by atoms with van der Waals surface area (Å²) in [6, 6.07) is 5.24. The van der Waals surface area contributed by atoms with Crippen LogP contribution in [0.2, 0.25) is 0 Å². The Labute approximate surface area is 128 Å². The summed E-state index contributed by atoms with van der Waals surface area (Å²) in [5, 5.41) is 3.44. The number of rotatable bonds is 7. The van der Waals surface area contributed by atoms with E-state index in [-0.39, 0.29) is 5.82 Å². The van der Waals surface area contributed by atoms with Crippen LogP contribution in [0, 0.1) is 17.7 Å². The van der Waals surface area contributed by atoms with Crippen molar-refractivity contribution >= 4 is 5.69 Å². The minimum atomic E-state index is -0.135. The van der Waals surface area contributed by atoms with Gasteiger partial charge in [-0.2, -0.15) is 0 Å². The van der Waals surface area contributed by atoms with E-state index in [9.17, 15) is 4.39 Å². The van der Waals surface area contributed by atoms with Gasteiger partial charge in [-0.15, -0.1) is 0 Å². The minimum absolute atomic E-state index is 0.135. The van der Waals surface area contributed by atoms with Gasteiger partial charge in [-0.1, -0.05) is 27.2 Å². The second-order valence-electron chi connectivity index (χ2n) is 6.69. The van der Waals surface area contributed by atoms with Crippen LogP contribution in [0.25, 0.3) is 0 Å². The van der Waals surface area contributed by atoms with Crippen LogP contribution >= 0.6 is 0 Å². The average Bonchev–Trinajstić information content (AvgIpc) is 2.87. The lowest BCUT2D eigenvalue weighted by atomic mass is 10.0. The van der Waals surface area contributed by atoms with E-state index in [1.165, 1.54) is 24.9 Å². The standard InChI is InChI=1S/C18H29FN2/c1-4-5-15-8-9-21(13-15)18-7-6-17(19)10-16(18)12-20-11-14(2)3/h6-7,10,14-15,20H,4-5,8-9,11-13H2,1-3H3. The molecule has 0 saturated carbocycles. The van der Waals surface area contributed by atoms with Crippen molar-refractivity contribution in [2.75, 3.05) is 24.5 Å². The van der Waals surface area contributed by atoms with Gasteiger partial charge in [-0.05, 0) is 55.0 Å². The van der Waals surface area contributed by atoms with Gasteiger partial charge < -0.3 is 10.2 Å². The Bertz CT molecular complexity index is 445. The molecule has 1 aliphatic heterocycles. The molecule has 0 aromatic heterocycles. The third-order valence-electron chi connectivity index (χ3n) is 4.23. The van der Waals surface area contributed by atoms with Gasteiger partial charge in [0.2, 0.25) is 0 Å². The lowest BCUT2D eigenvalue weighted by molar-refractivity contribution is 0.529. The first-order valence-electron chi connectivity index (χ1n) is 8.34. The van der Waals surface area contributed by atoms with E-state index in [2.05, 4.69) is 31.0 Å². The average molecular weight is 292 g/mol. The van der Waals surface area contributed by atoms with E-state index in [0.29, 0.717) is 5.92 Å². The van der Waals surface area contributed by atoms with Gasteiger partial charge in [0.25, 0.3) is 0 Å². The Balaban J connectivity index is 2.04. The molecule has 118 valence electrons. The van der Waals surface area contributed by atoms with Crippen molar-refractivity contribution in [3.8, 4) is 0 Å². The molecule has 1 atom stereocenters. The summed E-state index contributed by atoms with van der Waals surface area (Å²) in [4.78, 5) is 2.44. The van der Waals surface area contributed by atoms with Gasteiger partial charge in [-0.3, -0.25) is 0 Å². The molecule has 1 fully saturated rings. The molecule has 1 aromatic carbocycles. The fourth-order valence-electron chi connectivity index (χ4n) is 3.20. The van der Waals surface area contributed by atoms with Gasteiger partial charge in [0, 0.05) is 25.3 Å². The molecular weight excluding hydrogens is 263 g/mol. The summed E-state index contributed by atoms with van der Waals surface area (Å²) in [5.74, 6) is 1.28. The van der Waals surface area contributed by atoms with Gasteiger partial charge in [0.1, 0.15) is 5.82 Å². The molecule has 1 aromatic rings. The van der Waals surface area contributed by atoms with Crippen molar-refractivity contribution in [1.82, 2.24) is 5.32 Å². The van der Waals surface area contributed by atoms with Crippen molar-refractivity contribution in [3.63, 3.8) is 0 Å². The van der Waals surface area contributed by atoms with Crippen molar-refractivity contribution < 1.29 is 4.39 Å². The number of benzene rings is 1. The summed E-state index contributed by atoms with van der Waals surface area (Å²) in [6.07, 6.45) is 3.83. The van der Waals surface area contributed by atoms with Crippen molar-refractivity contribution in [3.05, 3.63) is 29.6 Å². The molecule has 1 unspecified atom stereocenters. The minimum Gasteiger partial charge on any atom is -0.371 e. The van der Waals surface area contributed by atoms with Gasteiger partial charge in [0.15, 0.2) is 0 Å². The van der Waals surface area contributed by atoms with E-state index in [0.717, 1.165) is 37.7 Å². The van der Waals surface area contributed by atoms with Crippen LogP contribution < -0.4 is 10.2 Å². The summed E-state index contributed by atoms with van der Waals surface area (Å²) in [6.45, 7) is 10.6. The van der Waals surface area contributed by atoms with E-state index in [1.54, 1.807) is 12.1 Å². The zero-order chi connectivity index (χ0) is 15.2. The molecule has 0 radical (unpaired) electrons. The number of hydrogen-bond acceptors (Lipinski definition) is 2. The molecule has 2 rings (SSSR count). The molecule has 1 heterocycles. The predicted molar refractivity (Wildman–Crippen MR) is 88.2 cm³/mol. The largest absolute Gasteiger partial charge is 0.371 e. The molecule has 0 aliphatic carbocycles. The van der Waals surface area contributed by atoms with Gasteiger partial charge >= 0.3 is 0 Å². The Morgan fingerprint density at radius 1 is 1.38 bits per heavy atom. The highest BCUT2D eigenvalue weighted by molar-refractivity contribution is 5.54. The second-order valence-corrected chi connectivity index (χ2v) is 6.69. The molecule has 1 saturated heterocycles. The SMILES string of the molecule is CCCC1CCN(c2ccc(F)cc2CNCC(C)C)C1. The fraction of sp³-hybridized carbons (Fsp3) is 0.667. The Morgan fingerprint density at radius 2 is 2.19 bits per heavy atom. The third kappa shape index (κ3) is 4.70. The first-order chi connectivity index (χ1) is 10.1. The maximum Gasteiger partial charge on any atom is 0.123 e. The lowest BCUT2D eigenvalue weighted by Crippen LogP contribution is -2.24. The number of anilines is 1. The van der Waals surface area contributed by atoms with E-state index >= 15 is 0 Å². The number of hydrogen-bond donors (Lipinski definition) is 1. The van der Waals surface area contributed by atoms with Crippen LogP contribution in [-0.2, 0) is 6.54 Å². The number of nitrogens with one attached hydrogen (secondary N) is 1. The van der Waals surface area contributed by atoms with Crippen LogP contribution in [-0.4, -0.2) is 19.6 Å². The van der Waals surface area contributed by atoms with Crippen LogP contribution in [0.1, 0.15) is 45.6 Å². The zero-order valence-electron chi connectivity index (χ0n) is 13.7. The third-order valence-corrected chi connectivity index (χ3v) is 4.23. The van der Waals surface area contributed by atoms with Crippen LogP contribution in [0.15, 0.2) is 18.2 Å². The maximum absolute atomic E-state index is 13.6. The Kier molecular flexibility index (Phi) is 6.04. The molecule has 0 spiro atoms. The number of halogens is 1. The topological polar surface area (TPSA) is 15.3 Å². The molecular formula is C18H29FN2. The molecule has 3 heteroatoms. The zero-order valence-corrected chi connectivity index (χ0v) is 13.7. The quantitative estimate of drug-likeness (QED) is 0.810. The van der Waals surface area contributed by atoms with E-state index in [4.69, 9.17) is 0 Å². The summed E-state index contributed by atoms with van der Waals surface area (Å²) in [7, 11) is 0. The highest BCUT2D eigenvalue weighted by Gasteiger charge is 2.23.